The highest BCUT2D eigenvalue weighted by molar-refractivity contribution is 7.15. The second-order valence-corrected chi connectivity index (χ2v) is 8.79. The van der Waals surface area contributed by atoms with Gasteiger partial charge in [0.2, 0.25) is 10.1 Å². The van der Waals surface area contributed by atoms with Crippen molar-refractivity contribution in [3.05, 3.63) is 46.7 Å². The molecule has 170 valence electrons. The van der Waals surface area contributed by atoms with Crippen molar-refractivity contribution in [3.63, 3.8) is 0 Å². The fourth-order valence-corrected chi connectivity index (χ4v) is 4.52. The Morgan fingerprint density at radius 3 is 2.69 bits per heavy atom. The van der Waals surface area contributed by atoms with Gasteiger partial charge in [-0.05, 0) is 37.8 Å². The summed E-state index contributed by atoms with van der Waals surface area (Å²) in [5.41, 5.74) is 1.99. The average molecular weight is 466 g/mol. The molecule has 12 heteroatoms. The second-order valence-electron chi connectivity index (χ2n) is 7.82. The molecule has 1 amide bonds. The summed E-state index contributed by atoms with van der Waals surface area (Å²) >= 11 is 0.457. The summed E-state index contributed by atoms with van der Waals surface area (Å²) in [6.45, 7) is 4.78. The van der Waals surface area contributed by atoms with E-state index in [2.05, 4.69) is 25.7 Å². The molecule has 0 bridgehead atoms. The third-order valence-corrected chi connectivity index (χ3v) is 6.45. The van der Waals surface area contributed by atoms with Crippen molar-refractivity contribution >= 4 is 22.4 Å². The van der Waals surface area contributed by atoms with Crippen LogP contribution in [0, 0.1) is 12.8 Å². The maximum absolute atomic E-state index is 13.6. The van der Waals surface area contributed by atoms with E-state index in [0.717, 1.165) is 18.4 Å². The van der Waals surface area contributed by atoms with E-state index in [9.17, 15) is 18.0 Å². The van der Waals surface area contributed by atoms with Crippen LogP contribution in [0.3, 0.4) is 0 Å². The average Bonchev–Trinajstić information content (AvgIpc) is 3.44. The Hall–Kier alpha value is -3.02. The van der Waals surface area contributed by atoms with Crippen LogP contribution in [0.4, 0.5) is 18.3 Å². The number of aromatic nitrogens is 5. The van der Waals surface area contributed by atoms with E-state index in [1.807, 2.05) is 32.0 Å². The minimum Gasteiger partial charge on any atom is -0.358 e. The van der Waals surface area contributed by atoms with E-state index < -0.39 is 11.2 Å². The predicted octanol–water partition coefficient (Wildman–Crippen LogP) is 3.80. The van der Waals surface area contributed by atoms with Crippen LogP contribution in [0.5, 0.6) is 0 Å². The molecule has 2 atom stereocenters. The lowest BCUT2D eigenvalue weighted by atomic mass is 9.90. The summed E-state index contributed by atoms with van der Waals surface area (Å²) in [6.07, 6.45) is 0.324. The number of rotatable bonds is 5. The van der Waals surface area contributed by atoms with Crippen molar-refractivity contribution in [3.8, 4) is 5.69 Å². The molecule has 1 aliphatic heterocycles. The number of nitrogens with one attached hydrogen (secondary N) is 1. The number of piperidine rings is 1. The number of aryl methyl sites for hydroxylation is 1. The van der Waals surface area contributed by atoms with Gasteiger partial charge in [-0.25, -0.2) is 0 Å². The number of benzene rings is 1. The van der Waals surface area contributed by atoms with Gasteiger partial charge in [0.15, 0.2) is 0 Å². The molecule has 0 radical (unpaired) electrons. The lowest BCUT2D eigenvalue weighted by molar-refractivity contribution is -0.138. The van der Waals surface area contributed by atoms with Crippen molar-refractivity contribution < 1.29 is 18.0 Å². The molecule has 1 aliphatic rings. The quantitative estimate of drug-likeness (QED) is 0.617. The van der Waals surface area contributed by atoms with E-state index in [1.54, 1.807) is 17.3 Å². The van der Waals surface area contributed by atoms with Crippen molar-refractivity contribution in [2.45, 2.75) is 38.9 Å². The third-order valence-electron chi connectivity index (χ3n) is 5.52. The van der Waals surface area contributed by atoms with Crippen LogP contribution in [-0.4, -0.2) is 55.1 Å². The molecule has 1 N–H and O–H groups in total. The lowest BCUT2D eigenvalue weighted by Gasteiger charge is -2.40. The fourth-order valence-electron chi connectivity index (χ4n) is 3.90. The Morgan fingerprint density at radius 1 is 1.25 bits per heavy atom. The molecule has 3 aromatic rings. The van der Waals surface area contributed by atoms with Crippen LogP contribution in [0.2, 0.25) is 0 Å². The summed E-state index contributed by atoms with van der Waals surface area (Å²) in [6, 6.07) is 5.29. The highest BCUT2D eigenvalue weighted by atomic mass is 32.1. The Labute approximate surface area is 186 Å². The number of nitrogens with zero attached hydrogens (tertiary/aromatic N) is 6. The number of carbonyl (C=O) groups is 1. The van der Waals surface area contributed by atoms with E-state index >= 15 is 0 Å². The maximum atomic E-state index is 13.6. The minimum absolute atomic E-state index is 0.0829. The maximum Gasteiger partial charge on any atom is 0.445 e. The first-order valence-corrected chi connectivity index (χ1v) is 11.0. The molecule has 0 saturated carbocycles. The van der Waals surface area contributed by atoms with Crippen molar-refractivity contribution in [2.75, 3.05) is 18.4 Å². The van der Waals surface area contributed by atoms with Crippen LogP contribution in [0.1, 0.15) is 40.7 Å². The van der Waals surface area contributed by atoms with Gasteiger partial charge in [-0.15, -0.1) is 10.2 Å². The van der Waals surface area contributed by atoms with Gasteiger partial charge < -0.3 is 10.2 Å². The lowest BCUT2D eigenvalue weighted by Crippen LogP contribution is -2.51. The first kappa shape index (κ1) is 22.2. The molecule has 2 aromatic heterocycles. The highest BCUT2D eigenvalue weighted by Gasteiger charge is 2.37. The zero-order chi connectivity index (χ0) is 22.9. The number of carbonyl (C=O) groups excluding carboxylic acids is 1. The van der Waals surface area contributed by atoms with E-state index in [0.29, 0.717) is 29.1 Å². The molecule has 0 spiro atoms. The van der Waals surface area contributed by atoms with Gasteiger partial charge in [0.1, 0.15) is 0 Å². The van der Waals surface area contributed by atoms with Crippen molar-refractivity contribution in [1.29, 1.82) is 0 Å². The van der Waals surface area contributed by atoms with E-state index in [4.69, 9.17) is 0 Å². The minimum atomic E-state index is -4.53. The van der Waals surface area contributed by atoms with Crippen LogP contribution < -0.4 is 5.32 Å². The van der Waals surface area contributed by atoms with Gasteiger partial charge in [0.05, 0.1) is 29.7 Å². The SMILES string of the molecule is Cc1ccc(-n2nccn2)c(C(=O)N2CCC[C@@H](C)C2CNc2nnc(C(F)(F)F)s2)c1. The molecule has 1 saturated heterocycles. The van der Waals surface area contributed by atoms with E-state index in [1.165, 1.54) is 4.80 Å². The summed E-state index contributed by atoms with van der Waals surface area (Å²) < 4.78 is 38.4. The summed E-state index contributed by atoms with van der Waals surface area (Å²) in [5.74, 6) is -0.00103. The van der Waals surface area contributed by atoms with Gasteiger partial charge in [-0.1, -0.05) is 29.9 Å². The zero-order valence-corrected chi connectivity index (χ0v) is 18.3. The molecule has 1 fully saturated rings. The zero-order valence-electron chi connectivity index (χ0n) is 17.5. The van der Waals surface area contributed by atoms with Gasteiger partial charge >= 0.3 is 6.18 Å². The number of amides is 1. The molecule has 4 rings (SSSR count). The molecular weight excluding hydrogens is 443 g/mol. The first-order chi connectivity index (χ1) is 15.2. The first-order valence-electron chi connectivity index (χ1n) is 10.2. The van der Waals surface area contributed by atoms with E-state index in [-0.39, 0.29) is 29.5 Å². The molecule has 0 aliphatic carbocycles. The third kappa shape index (κ3) is 4.59. The Kier molecular flexibility index (Phi) is 6.13. The van der Waals surface area contributed by atoms with Crippen molar-refractivity contribution in [1.82, 2.24) is 30.1 Å². The molecule has 1 aromatic carbocycles. The van der Waals surface area contributed by atoms with Crippen LogP contribution in [-0.2, 0) is 6.18 Å². The van der Waals surface area contributed by atoms with Crippen LogP contribution in [0.15, 0.2) is 30.6 Å². The summed E-state index contributed by atoms with van der Waals surface area (Å²) in [7, 11) is 0. The molecule has 3 heterocycles. The normalized spacial score (nSPS) is 19.2. The monoisotopic (exact) mass is 465 g/mol. The fraction of sp³-hybridized carbons (Fsp3) is 0.450. The number of halogens is 3. The number of alkyl halides is 3. The Balaban J connectivity index is 1.57. The van der Waals surface area contributed by atoms with Gasteiger partial charge in [-0.2, -0.15) is 28.2 Å². The predicted molar refractivity (Wildman–Crippen MR) is 113 cm³/mol. The van der Waals surface area contributed by atoms with Crippen molar-refractivity contribution in [2.24, 2.45) is 5.92 Å². The van der Waals surface area contributed by atoms with Gasteiger partial charge in [0, 0.05) is 13.1 Å². The summed E-state index contributed by atoms with van der Waals surface area (Å²) in [5, 5.41) is 17.1. The smallest absolute Gasteiger partial charge is 0.358 e. The molecule has 1 unspecified atom stereocenters. The number of hydrogen-bond donors (Lipinski definition) is 1. The molecule has 32 heavy (non-hydrogen) atoms. The number of hydrogen-bond acceptors (Lipinski definition) is 7. The molecule has 8 nitrogen and oxygen atoms in total. The van der Waals surface area contributed by atoms with Crippen LogP contribution in [0.25, 0.3) is 5.69 Å². The van der Waals surface area contributed by atoms with Gasteiger partial charge in [-0.3, -0.25) is 4.79 Å². The standard InChI is InChI=1S/C20H22F3N7OS/c1-12-5-6-15(30-25-7-8-26-30)14(10-12)17(31)29-9-3-4-13(2)16(29)11-24-19-28-27-18(32-19)20(21,22)23/h5-8,10,13,16H,3-4,9,11H2,1-2H3,(H,24,28)/t13-,16?/m1/s1. The Morgan fingerprint density at radius 2 is 2.00 bits per heavy atom. The number of anilines is 1. The number of likely N-dealkylation sites (tertiary alicyclic amines) is 1. The molecular formula is C20H22F3N7OS. The second kappa shape index (κ2) is 8.85. The summed E-state index contributed by atoms with van der Waals surface area (Å²) in [4.78, 5) is 16.8. The largest absolute Gasteiger partial charge is 0.445 e. The van der Waals surface area contributed by atoms with Gasteiger partial charge in [0.25, 0.3) is 5.91 Å². The van der Waals surface area contributed by atoms with Crippen LogP contribution >= 0.6 is 11.3 Å². The highest BCUT2D eigenvalue weighted by Crippen LogP contribution is 2.33. The topological polar surface area (TPSA) is 88.8 Å². The Bertz CT molecular complexity index is 1080.